The second-order valence-electron chi connectivity index (χ2n) is 7.48. The molecule has 0 bridgehead atoms. The Morgan fingerprint density at radius 2 is 2.07 bits per heavy atom. The van der Waals surface area contributed by atoms with Crippen molar-refractivity contribution in [2.75, 3.05) is 6.54 Å². The van der Waals surface area contributed by atoms with Crippen molar-refractivity contribution in [3.05, 3.63) is 76.0 Å². The molecule has 1 aromatic carbocycles. The number of aromatic nitrogens is 2. The molecule has 1 amide bonds. The first-order valence-electron chi connectivity index (χ1n) is 9.77. The zero-order valence-electron chi connectivity index (χ0n) is 16.3. The molecule has 3 aromatic rings. The minimum absolute atomic E-state index is 0.0488. The highest BCUT2D eigenvalue weighted by molar-refractivity contribution is 7.09. The molecule has 0 aliphatic carbocycles. The van der Waals surface area contributed by atoms with E-state index in [2.05, 4.69) is 63.9 Å². The number of carbonyl (C=O) groups excluding carboxylic acids is 1. The first-order valence-corrected chi connectivity index (χ1v) is 10.6. The second-order valence-corrected chi connectivity index (χ2v) is 8.52. The number of thiophene rings is 1. The van der Waals surface area contributed by atoms with E-state index in [9.17, 15) is 4.79 Å². The molecular formula is C22H26N4OS. The molecule has 1 atom stereocenters. The molecule has 0 saturated heterocycles. The van der Waals surface area contributed by atoms with Gasteiger partial charge in [0.05, 0.1) is 24.3 Å². The molecule has 1 unspecified atom stereocenters. The fourth-order valence-electron chi connectivity index (χ4n) is 3.83. The lowest BCUT2D eigenvalue weighted by Gasteiger charge is -2.36. The predicted octanol–water partition coefficient (Wildman–Crippen LogP) is 3.94. The van der Waals surface area contributed by atoms with E-state index in [1.807, 2.05) is 23.8 Å². The Kier molecular flexibility index (Phi) is 5.59. The van der Waals surface area contributed by atoms with Gasteiger partial charge < -0.3 is 9.88 Å². The Morgan fingerprint density at radius 3 is 2.79 bits per heavy atom. The zero-order valence-corrected chi connectivity index (χ0v) is 17.2. The summed E-state index contributed by atoms with van der Waals surface area (Å²) in [6.07, 6.45) is 2.76. The van der Waals surface area contributed by atoms with Crippen LogP contribution in [0.2, 0.25) is 0 Å². The molecule has 1 aliphatic heterocycles. The number of carbonyl (C=O) groups is 1. The van der Waals surface area contributed by atoms with Gasteiger partial charge in [-0.05, 0) is 30.9 Å². The van der Waals surface area contributed by atoms with E-state index >= 15 is 0 Å². The lowest BCUT2D eigenvalue weighted by Crippen LogP contribution is -2.45. The quantitative estimate of drug-likeness (QED) is 0.689. The normalized spacial score (nSPS) is 16.9. The summed E-state index contributed by atoms with van der Waals surface area (Å²) in [5.41, 5.74) is 3.31. The smallest absolute Gasteiger partial charge is 0.243 e. The topological polar surface area (TPSA) is 50.2 Å². The fourth-order valence-corrected chi connectivity index (χ4v) is 4.47. The van der Waals surface area contributed by atoms with Crippen molar-refractivity contribution >= 4 is 17.2 Å². The lowest BCUT2D eigenvalue weighted by atomic mass is 10.00. The zero-order chi connectivity index (χ0) is 19.5. The third kappa shape index (κ3) is 3.88. The predicted molar refractivity (Wildman–Crippen MR) is 112 cm³/mol. The van der Waals surface area contributed by atoms with Gasteiger partial charge >= 0.3 is 0 Å². The van der Waals surface area contributed by atoms with E-state index in [0.717, 1.165) is 35.8 Å². The Morgan fingerprint density at radius 1 is 1.25 bits per heavy atom. The average molecular weight is 395 g/mol. The number of imidazole rings is 1. The molecule has 4 rings (SSSR count). The molecule has 0 spiro atoms. The Bertz CT molecular complexity index is 917. The van der Waals surface area contributed by atoms with Crippen LogP contribution < -0.4 is 5.32 Å². The molecule has 6 heteroatoms. The summed E-state index contributed by atoms with van der Waals surface area (Å²) in [4.78, 5) is 21.4. The molecule has 3 heterocycles. The van der Waals surface area contributed by atoms with Crippen molar-refractivity contribution in [3.63, 3.8) is 0 Å². The van der Waals surface area contributed by atoms with Crippen molar-refractivity contribution in [3.8, 4) is 0 Å². The molecule has 2 aromatic heterocycles. The van der Waals surface area contributed by atoms with Gasteiger partial charge in [0.15, 0.2) is 0 Å². The van der Waals surface area contributed by atoms with Crippen molar-refractivity contribution in [1.82, 2.24) is 19.8 Å². The largest absolute Gasteiger partial charge is 0.349 e. The van der Waals surface area contributed by atoms with Crippen LogP contribution in [0.3, 0.4) is 0 Å². The van der Waals surface area contributed by atoms with Crippen LogP contribution in [-0.4, -0.2) is 26.9 Å². The second kappa shape index (κ2) is 8.29. The van der Waals surface area contributed by atoms with E-state index in [-0.39, 0.29) is 18.0 Å². The van der Waals surface area contributed by atoms with Crippen LogP contribution in [0.1, 0.15) is 47.8 Å². The fraction of sp³-hybridized carbons (Fsp3) is 0.364. The first kappa shape index (κ1) is 18.9. The molecule has 146 valence electrons. The maximum Gasteiger partial charge on any atom is 0.243 e. The minimum Gasteiger partial charge on any atom is -0.349 e. The summed E-state index contributed by atoms with van der Waals surface area (Å²) in [6, 6.07) is 14.4. The number of fused-ring (bicyclic) bond motifs is 1. The van der Waals surface area contributed by atoms with Gasteiger partial charge in [-0.2, -0.15) is 0 Å². The highest BCUT2D eigenvalue weighted by atomic mass is 32.1. The van der Waals surface area contributed by atoms with E-state index < -0.39 is 0 Å². The summed E-state index contributed by atoms with van der Waals surface area (Å²) in [5, 5.41) is 5.19. The number of nitrogens with zero attached hydrogens (tertiary/aromatic N) is 3. The third-order valence-electron chi connectivity index (χ3n) is 5.22. The minimum atomic E-state index is -0.325. The molecule has 1 aliphatic rings. The number of benzene rings is 1. The highest BCUT2D eigenvalue weighted by Gasteiger charge is 2.36. The number of hydrogen-bond donors (Lipinski definition) is 1. The number of hydrogen-bond acceptors (Lipinski definition) is 4. The number of rotatable bonds is 6. The van der Waals surface area contributed by atoms with E-state index in [0.29, 0.717) is 6.54 Å². The van der Waals surface area contributed by atoms with Crippen molar-refractivity contribution in [2.45, 2.75) is 45.4 Å². The van der Waals surface area contributed by atoms with Gasteiger partial charge in [-0.1, -0.05) is 36.4 Å². The van der Waals surface area contributed by atoms with Crippen LogP contribution in [0.4, 0.5) is 0 Å². The van der Waals surface area contributed by atoms with Gasteiger partial charge in [-0.15, -0.1) is 11.3 Å². The van der Waals surface area contributed by atoms with E-state index in [1.54, 1.807) is 11.3 Å². The molecular weight excluding hydrogens is 368 g/mol. The van der Waals surface area contributed by atoms with Crippen LogP contribution in [0.15, 0.2) is 54.2 Å². The van der Waals surface area contributed by atoms with Gasteiger partial charge in [0.2, 0.25) is 5.91 Å². The number of amides is 1. The monoisotopic (exact) mass is 394 g/mol. The van der Waals surface area contributed by atoms with Gasteiger partial charge in [-0.3, -0.25) is 9.69 Å². The summed E-state index contributed by atoms with van der Waals surface area (Å²) < 4.78 is 2.15. The molecule has 0 radical (unpaired) electrons. The SMILES string of the molecule is CC(C)n1cnc2c1C(C(=O)NCc1cccs1)N(Cc1ccccc1)CC2. The van der Waals surface area contributed by atoms with Gasteiger partial charge in [0.1, 0.15) is 6.04 Å². The maximum absolute atomic E-state index is 13.3. The van der Waals surface area contributed by atoms with Gasteiger partial charge in [-0.25, -0.2) is 4.98 Å². The van der Waals surface area contributed by atoms with Crippen molar-refractivity contribution < 1.29 is 4.79 Å². The number of nitrogens with one attached hydrogen (secondary N) is 1. The third-order valence-corrected chi connectivity index (χ3v) is 6.10. The Labute approximate surface area is 170 Å². The van der Waals surface area contributed by atoms with Crippen molar-refractivity contribution in [1.29, 1.82) is 0 Å². The summed E-state index contributed by atoms with van der Waals surface area (Å²) >= 11 is 1.66. The van der Waals surface area contributed by atoms with Gasteiger partial charge in [0.25, 0.3) is 0 Å². The highest BCUT2D eigenvalue weighted by Crippen LogP contribution is 2.32. The summed E-state index contributed by atoms with van der Waals surface area (Å²) in [6.45, 7) is 6.42. The van der Waals surface area contributed by atoms with Crippen LogP contribution >= 0.6 is 11.3 Å². The van der Waals surface area contributed by atoms with Crippen LogP contribution in [0.25, 0.3) is 0 Å². The molecule has 5 nitrogen and oxygen atoms in total. The molecule has 0 saturated carbocycles. The Hall–Kier alpha value is -2.44. The van der Waals surface area contributed by atoms with E-state index in [1.165, 1.54) is 5.56 Å². The Balaban J connectivity index is 1.63. The molecule has 28 heavy (non-hydrogen) atoms. The van der Waals surface area contributed by atoms with Crippen molar-refractivity contribution in [2.24, 2.45) is 0 Å². The van der Waals surface area contributed by atoms with Gasteiger partial charge in [0, 0.05) is 30.4 Å². The average Bonchev–Trinajstić information content (AvgIpc) is 3.36. The molecule has 1 N–H and O–H groups in total. The van der Waals surface area contributed by atoms with Crippen LogP contribution in [-0.2, 0) is 24.3 Å². The van der Waals surface area contributed by atoms with Crippen LogP contribution in [0.5, 0.6) is 0 Å². The molecule has 0 fully saturated rings. The lowest BCUT2D eigenvalue weighted by molar-refractivity contribution is -0.127. The van der Waals surface area contributed by atoms with Crippen LogP contribution in [0, 0.1) is 0 Å². The maximum atomic E-state index is 13.3. The summed E-state index contributed by atoms with van der Waals surface area (Å²) in [7, 11) is 0. The standard InChI is InChI=1S/C22H26N4OS/c1-16(2)26-15-24-19-10-11-25(14-17-7-4-3-5-8-17)21(20(19)26)22(27)23-13-18-9-6-12-28-18/h3-9,12,15-16,21H,10-11,13-14H2,1-2H3,(H,23,27). The first-order chi connectivity index (χ1) is 13.6. The summed E-state index contributed by atoms with van der Waals surface area (Å²) in [5.74, 6) is 0.0488. The van der Waals surface area contributed by atoms with E-state index in [4.69, 9.17) is 0 Å².